The number of carbonyl (C=O) groups excluding carboxylic acids is 1. The summed E-state index contributed by atoms with van der Waals surface area (Å²) in [7, 11) is 1.58. The normalized spacial score (nSPS) is 17.0. The molecule has 3 heterocycles. The zero-order chi connectivity index (χ0) is 29.5. The van der Waals surface area contributed by atoms with E-state index in [2.05, 4.69) is 38.1 Å². The quantitative estimate of drug-likeness (QED) is 0.248. The Labute approximate surface area is 245 Å². The molecule has 2 aromatic carbocycles. The van der Waals surface area contributed by atoms with E-state index >= 15 is 0 Å². The van der Waals surface area contributed by atoms with Crippen molar-refractivity contribution in [2.75, 3.05) is 17.3 Å². The highest BCUT2D eigenvalue weighted by Gasteiger charge is 2.42. The monoisotopic (exact) mass is 571 g/mol. The Bertz CT molecular complexity index is 1600. The molecule has 5 rings (SSSR count). The standard InChI is InChI=1S/C32H34FN5O2S/c1-19-17-24(20(2)37(19)22-12-10-21(33)11-13-22)29-28(26-9-7-8-16-34-26)36-31(41)38(29)23-14-15-25(27(18-23)40-6)35-30(39)32(3,4)5/h7-18,28-29H,1-6H3,(H,35,39)(H,36,41)/t28-,29+/m1/s1. The predicted molar refractivity (Wildman–Crippen MR) is 164 cm³/mol. The van der Waals surface area contributed by atoms with Gasteiger partial charge in [-0.1, -0.05) is 26.8 Å². The van der Waals surface area contributed by atoms with Crippen LogP contribution in [0.1, 0.15) is 55.5 Å². The number of hydrogen-bond acceptors (Lipinski definition) is 4. The number of hydrogen-bond donors (Lipinski definition) is 2. The zero-order valence-corrected chi connectivity index (χ0v) is 24.8. The summed E-state index contributed by atoms with van der Waals surface area (Å²) < 4.78 is 21.5. The molecule has 0 unspecified atom stereocenters. The van der Waals surface area contributed by atoms with Crippen LogP contribution in [-0.4, -0.2) is 27.7 Å². The molecule has 1 amide bonds. The van der Waals surface area contributed by atoms with Crippen LogP contribution in [0, 0.1) is 25.1 Å². The maximum atomic E-state index is 13.7. The van der Waals surface area contributed by atoms with Gasteiger partial charge in [0, 0.05) is 40.4 Å². The molecule has 1 fully saturated rings. The molecule has 9 heteroatoms. The first-order valence-corrected chi connectivity index (χ1v) is 13.9. The van der Waals surface area contributed by atoms with Crippen LogP contribution in [0.4, 0.5) is 15.8 Å². The van der Waals surface area contributed by atoms with E-state index in [0.29, 0.717) is 16.5 Å². The van der Waals surface area contributed by atoms with Crippen LogP contribution >= 0.6 is 12.2 Å². The number of aromatic nitrogens is 2. The molecule has 2 aromatic heterocycles. The second-order valence-corrected chi connectivity index (χ2v) is 11.6. The molecule has 2 N–H and O–H groups in total. The maximum absolute atomic E-state index is 13.7. The lowest BCUT2D eigenvalue weighted by atomic mass is 9.95. The van der Waals surface area contributed by atoms with E-state index in [1.54, 1.807) is 25.4 Å². The van der Waals surface area contributed by atoms with Crippen LogP contribution in [0.3, 0.4) is 0 Å². The molecule has 1 aliphatic heterocycles. The number of nitrogens with zero attached hydrogens (tertiary/aromatic N) is 3. The number of rotatable bonds is 6. The van der Waals surface area contributed by atoms with Crippen molar-refractivity contribution in [2.45, 2.75) is 46.7 Å². The van der Waals surface area contributed by atoms with E-state index in [0.717, 1.165) is 34.0 Å². The number of pyridine rings is 1. The number of thiocarbonyl (C=S) groups is 1. The van der Waals surface area contributed by atoms with Gasteiger partial charge in [0.15, 0.2) is 5.11 Å². The summed E-state index contributed by atoms with van der Waals surface area (Å²) in [5, 5.41) is 7.03. The van der Waals surface area contributed by atoms with Gasteiger partial charge in [-0.25, -0.2) is 4.39 Å². The van der Waals surface area contributed by atoms with Gasteiger partial charge in [-0.2, -0.15) is 0 Å². The van der Waals surface area contributed by atoms with E-state index in [1.807, 2.05) is 64.1 Å². The minimum absolute atomic E-state index is 0.108. The van der Waals surface area contributed by atoms with Crippen molar-refractivity contribution in [1.82, 2.24) is 14.9 Å². The average molecular weight is 572 g/mol. The number of amides is 1. The second kappa shape index (κ2) is 11.0. The summed E-state index contributed by atoms with van der Waals surface area (Å²) in [5.74, 6) is 0.141. The largest absolute Gasteiger partial charge is 0.494 e. The maximum Gasteiger partial charge on any atom is 0.229 e. The van der Waals surface area contributed by atoms with Crippen molar-refractivity contribution >= 4 is 34.6 Å². The average Bonchev–Trinajstić information content (AvgIpc) is 3.44. The smallest absolute Gasteiger partial charge is 0.229 e. The Kier molecular flexibility index (Phi) is 7.57. The summed E-state index contributed by atoms with van der Waals surface area (Å²) in [6.07, 6.45) is 1.78. The fourth-order valence-corrected chi connectivity index (χ4v) is 5.61. The summed E-state index contributed by atoms with van der Waals surface area (Å²) in [5.41, 5.74) is 5.65. The fourth-order valence-electron chi connectivity index (χ4n) is 5.27. The van der Waals surface area contributed by atoms with Crippen LogP contribution in [0.25, 0.3) is 5.69 Å². The van der Waals surface area contributed by atoms with Gasteiger partial charge in [-0.3, -0.25) is 9.78 Å². The highest BCUT2D eigenvalue weighted by Crippen LogP contribution is 2.45. The third kappa shape index (κ3) is 5.41. The highest BCUT2D eigenvalue weighted by molar-refractivity contribution is 7.80. The molecule has 41 heavy (non-hydrogen) atoms. The van der Waals surface area contributed by atoms with E-state index in [1.165, 1.54) is 12.1 Å². The van der Waals surface area contributed by atoms with Gasteiger partial charge in [-0.15, -0.1) is 0 Å². The van der Waals surface area contributed by atoms with E-state index in [-0.39, 0.29) is 23.8 Å². The minimum Gasteiger partial charge on any atom is -0.494 e. The number of methoxy groups -OCH3 is 1. The molecular formula is C32H34FN5O2S. The molecular weight excluding hydrogens is 537 g/mol. The Morgan fingerprint density at radius 2 is 1.76 bits per heavy atom. The van der Waals surface area contributed by atoms with Crippen LogP contribution in [0.2, 0.25) is 0 Å². The molecule has 0 spiro atoms. The van der Waals surface area contributed by atoms with Crippen molar-refractivity contribution in [1.29, 1.82) is 0 Å². The van der Waals surface area contributed by atoms with Crippen molar-refractivity contribution in [3.05, 3.63) is 101 Å². The number of halogens is 1. The van der Waals surface area contributed by atoms with E-state index in [4.69, 9.17) is 17.0 Å². The Morgan fingerprint density at radius 3 is 2.39 bits per heavy atom. The highest BCUT2D eigenvalue weighted by atomic mass is 32.1. The molecule has 212 valence electrons. The number of benzene rings is 2. The molecule has 0 saturated carbocycles. The van der Waals surface area contributed by atoms with Crippen molar-refractivity contribution in [2.24, 2.45) is 5.41 Å². The first kappa shape index (κ1) is 28.3. The Balaban J connectivity index is 1.62. The van der Waals surface area contributed by atoms with Gasteiger partial charge in [0.1, 0.15) is 11.6 Å². The predicted octanol–water partition coefficient (Wildman–Crippen LogP) is 6.80. The summed E-state index contributed by atoms with van der Waals surface area (Å²) in [6, 6.07) is 19.6. The third-order valence-electron chi connectivity index (χ3n) is 7.36. The van der Waals surface area contributed by atoms with E-state index < -0.39 is 5.41 Å². The summed E-state index contributed by atoms with van der Waals surface area (Å²) >= 11 is 5.93. The SMILES string of the molecule is COc1cc(N2C(=S)N[C@H](c3ccccn3)[C@@H]2c2cc(C)n(-c3ccc(F)cc3)c2C)ccc1NC(=O)C(C)(C)C. The Hall–Kier alpha value is -4.24. The number of ether oxygens (including phenoxy) is 1. The van der Waals surface area contributed by atoms with Gasteiger partial charge in [0.05, 0.1) is 30.6 Å². The molecule has 1 saturated heterocycles. The fraction of sp³-hybridized carbons (Fsp3) is 0.281. The van der Waals surface area contributed by atoms with Gasteiger partial charge in [-0.05, 0) is 86.2 Å². The van der Waals surface area contributed by atoms with Gasteiger partial charge in [0.25, 0.3) is 0 Å². The number of nitrogens with one attached hydrogen (secondary N) is 2. The lowest BCUT2D eigenvalue weighted by Crippen LogP contribution is -2.30. The van der Waals surface area contributed by atoms with Crippen molar-refractivity contribution < 1.29 is 13.9 Å². The van der Waals surface area contributed by atoms with E-state index in [9.17, 15) is 9.18 Å². The van der Waals surface area contributed by atoms with Gasteiger partial charge in [0.2, 0.25) is 5.91 Å². The molecule has 4 aromatic rings. The molecule has 1 aliphatic rings. The van der Waals surface area contributed by atoms with Crippen molar-refractivity contribution in [3.8, 4) is 11.4 Å². The summed E-state index contributed by atoms with van der Waals surface area (Å²) in [4.78, 5) is 19.4. The summed E-state index contributed by atoms with van der Waals surface area (Å²) in [6.45, 7) is 9.69. The second-order valence-electron chi connectivity index (χ2n) is 11.2. The lowest BCUT2D eigenvalue weighted by molar-refractivity contribution is -0.123. The number of aryl methyl sites for hydroxylation is 1. The van der Waals surface area contributed by atoms with Crippen LogP contribution in [0.5, 0.6) is 5.75 Å². The Morgan fingerprint density at radius 1 is 1.05 bits per heavy atom. The molecule has 0 aliphatic carbocycles. The van der Waals surface area contributed by atoms with Gasteiger partial charge >= 0.3 is 0 Å². The third-order valence-corrected chi connectivity index (χ3v) is 7.68. The molecule has 7 nitrogen and oxygen atoms in total. The van der Waals surface area contributed by atoms with Gasteiger partial charge < -0.3 is 24.8 Å². The number of carbonyl (C=O) groups is 1. The topological polar surface area (TPSA) is 71.4 Å². The lowest BCUT2D eigenvalue weighted by Gasteiger charge is -2.29. The molecule has 0 radical (unpaired) electrons. The first-order chi connectivity index (χ1) is 19.5. The zero-order valence-electron chi connectivity index (χ0n) is 24.0. The minimum atomic E-state index is -0.557. The molecule has 2 atom stereocenters. The number of anilines is 2. The van der Waals surface area contributed by atoms with Crippen LogP contribution in [-0.2, 0) is 4.79 Å². The van der Waals surface area contributed by atoms with Crippen LogP contribution in [0.15, 0.2) is 72.9 Å². The first-order valence-electron chi connectivity index (χ1n) is 13.4. The van der Waals surface area contributed by atoms with Crippen molar-refractivity contribution in [3.63, 3.8) is 0 Å². The molecule has 0 bridgehead atoms. The van der Waals surface area contributed by atoms with Crippen LogP contribution < -0.4 is 20.3 Å².